The summed E-state index contributed by atoms with van der Waals surface area (Å²) in [5.41, 5.74) is 0.954. The molecule has 1 aliphatic rings. The molecule has 0 unspecified atom stereocenters. The number of aryl methyl sites for hydroxylation is 1. The van der Waals surface area contributed by atoms with E-state index < -0.39 is 10.0 Å². The lowest BCUT2D eigenvalue weighted by Gasteiger charge is -2.20. The Hall–Kier alpha value is -2.45. The lowest BCUT2D eigenvalue weighted by Crippen LogP contribution is -2.36. The molecule has 0 bridgehead atoms. The van der Waals surface area contributed by atoms with Crippen LogP contribution in [-0.4, -0.2) is 59.3 Å². The van der Waals surface area contributed by atoms with Gasteiger partial charge < -0.3 is 9.47 Å². The lowest BCUT2D eigenvalue weighted by molar-refractivity contribution is -0.125. The maximum absolute atomic E-state index is 12.7. The van der Waals surface area contributed by atoms with Crippen molar-refractivity contribution in [3.8, 4) is 0 Å². The molecule has 26 heavy (non-hydrogen) atoms. The van der Waals surface area contributed by atoms with E-state index in [1.165, 1.54) is 22.9 Å². The van der Waals surface area contributed by atoms with Crippen LogP contribution in [0.4, 0.5) is 0 Å². The van der Waals surface area contributed by atoms with Gasteiger partial charge in [0.2, 0.25) is 5.91 Å². The molecular weight excluding hydrogens is 352 g/mol. The number of hydrogen-bond acceptors (Lipinski definition) is 4. The Kier molecular flexibility index (Phi) is 5.53. The minimum Gasteiger partial charge on any atom is -0.339 e. The van der Waals surface area contributed by atoms with Crippen LogP contribution in [0.25, 0.3) is 6.08 Å². The van der Waals surface area contributed by atoms with Gasteiger partial charge in [-0.3, -0.25) is 4.79 Å². The summed E-state index contributed by atoms with van der Waals surface area (Å²) in [4.78, 5) is 18.0. The standard InChI is InChI=1S/C18H22N4O3S/c1-20-14-17(19-15-20)26(24,25)22-11-5-10-21(12-13-22)18(23)9-8-16-6-3-2-4-7-16/h2-4,6-9,14-15H,5,10-13H2,1H3/b9-8+. The molecule has 138 valence electrons. The second-order valence-corrected chi connectivity index (χ2v) is 8.09. The van der Waals surface area contributed by atoms with Gasteiger partial charge >= 0.3 is 0 Å². The zero-order valence-electron chi connectivity index (χ0n) is 14.7. The van der Waals surface area contributed by atoms with Crippen molar-refractivity contribution in [3.05, 3.63) is 54.5 Å². The van der Waals surface area contributed by atoms with Crippen LogP contribution in [0.2, 0.25) is 0 Å². The minimum atomic E-state index is -3.62. The van der Waals surface area contributed by atoms with Gasteiger partial charge in [-0.2, -0.15) is 4.31 Å². The highest BCUT2D eigenvalue weighted by atomic mass is 32.2. The minimum absolute atomic E-state index is 0.0451. The molecule has 0 atom stereocenters. The van der Waals surface area contributed by atoms with Crippen LogP contribution in [0.3, 0.4) is 0 Å². The summed E-state index contributed by atoms with van der Waals surface area (Å²) >= 11 is 0. The summed E-state index contributed by atoms with van der Waals surface area (Å²) in [6.07, 6.45) is 6.87. The second kappa shape index (κ2) is 7.84. The first-order valence-corrected chi connectivity index (χ1v) is 9.91. The fourth-order valence-corrected chi connectivity index (χ4v) is 4.28. The number of carbonyl (C=O) groups is 1. The van der Waals surface area contributed by atoms with Crippen LogP contribution in [0, 0.1) is 0 Å². The van der Waals surface area contributed by atoms with E-state index in [-0.39, 0.29) is 17.5 Å². The molecule has 1 aliphatic heterocycles. The van der Waals surface area contributed by atoms with Crippen LogP contribution in [0.5, 0.6) is 0 Å². The Morgan fingerprint density at radius 2 is 1.88 bits per heavy atom. The molecule has 2 heterocycles. The van der Waals surface area contributed by atoms with Gasteiger partial charge in [-0.05, 0) is 18.1 Å². The monoisotopic (exact) mass is 374 g/mol. The molecule has 7 nitrogen and oxygen atoms in total. The summed E-state index contributed by atoms with van der Waals surface area (Å²) in [7, 11) is -1.89. The maximum atomic E-state index is 12.7. The average Bonchev–Trinajstić information content (AvgIpc) is 2.93. The van der Waals surface area contributed by atoms with Gasteiger partial charge in [-0.15, -0.1) is 0 Å². The van der Waals surface area contributed by atoms with Crippen molar-refractivity contribution in [2.45, 2.75) is 11.4 Å². The number of imidazole rings is 1. The van der Waals surface area contributed by atoms with E-state index in [1.54, 1.807) is 22.6 Å². The Bertz CT molecular complexity index is 890. The number of aromatic nitrogens is 2. The molecule has 1 amide bonds. The van der Waals surface area contributed by atoms with E-state index in [0.29, 0.717) is 26.1 Å². The summed E-state index contributed by atoms with van der Waals surface area (Å²) < 4.78 is 28.4. The molecule has 3 rings (SSSR count). The first-order chi connectivity index (χ1) is 12.5. The van der Waals surface area contributed by atoms with Crippen LogP contribution in [-0.2, 0) is 21.9 Å². The zero-order chi connectivity index (χ0) is 18.6. The van der Waals surface area contributed by atoms with Crippen LogP contribution >= 0.6 is 0 Å². The molecule has 2 aromatic rings. The van der Waals surface area contributed by atoms with Crippen molar-refractivity contribution in [2.24, 2.45) is 7.05 Å². The van der Waals surface area contributed by atoms with Crippen LogP contribution < -0.4 is 0 Å². The Labute approximate surface area is 153 Å². The van der Waals surface area contributed by atoms with Crippen molar-refractivity contribution < 1.29 is 13.2 Å². The van der Waals surface area contributed by atoms with Gasteiger partial charge in [-0.25, -0.2) is 13.4 Å². The van der Waals surface area contributed by atoms with Crippen LogP contribution in [0.15, 0.2) is 54.0 Å². The van der Waals surface area contributed by atoms with E-state index in [0.717, 1.165) is 5.56 Å². The molecule has 1 fully saturated rings. The number of amides is 1. The Morgan fingerprint density at radius 3 is 2.58 bits per heavy atom. The topological polar surface area (TPSA) is 75.5 Å². The summed E-state index contributed by atoms with van der Waals surface area (Å²) in [6, 6.07) is 9.60. The normalized spacial score (nSPS) is 16.7. The highest BCUT2D eigenvalue weighted by Gasteiger charge is 2.29. The molecular formula is C18H22N4O3S. The van der Waals surface area contributed by atoms with E-state index in [2.05, 4.69) is 4.98 Å². The quantitative estimate of drug-likeness (QED) is 0.757. The number of hydrogen-bond donors (Lipinski definition) is 0. The fourth-order valence-electron chi connectivity index (χ4n) is 2.85. The van der Waals surface area contributed by atoms with Crippen molar-refractivity contribution in [3.63, 3.8) is 0 Å². The number of rotatable bonds is 4. The predicted octanol–water partition coefficient (Wildman–Crippen LogP) is 1.36. The van der Waals surface area contributed by atoms with Gasteiger partial charge in [0.05, 0.1) is 6.33 Å². The van der Waals surface area contributed by atoms with Gasteiger partial charge in [0, 0.05) is 45.5 Å². The van der Waals surface area contributed by atoms with E-state index >= 15 is 0 Å². The summed E-state index contributed by atoms with van der Waals surface area (Å²) in [6.45, 7) is 1.55. The molecule has 8 heteroatoms. The molecule has 0 N–H and O–H groups in total. The predicted molar refractivity (Wildman–Crippen MR) is 98.6 cm³/mol. The molecule has 1 aromatic heterocycles. The zero-order valence-corrected chi connectivity index (χ0v) is 15.5. The van der Waals surface area contributed by atoms with Crippen LogP contribution in [0.1, 0.15) is 12.0 Å². The molecule has 0 radical (unpaired) electrons. The van der Waals surface area contributed by atoms with E-state index in [1.807, 2.05) is 30.3 Å². The largest absolute Gasteiger partial charge is 0.339 e. The maximum Gasteiger partial charge on any atom is 0.262 e. The average molecular weight is 374 g/mol. The van der Waals surface area contributed by atoms with Gasteiger partial charge in [-0.1, -0.05) is 30.3 Å². The fraction of sp³-hybridized carbons (Fsp3) is 0.333. The molecule has 0 aliphatic carbocycles. The molecule has 1 aromatic carbocycles. The van der Waals surface area contributed by atoms with Gasteiger partial charge in [0.15, 0.2) is 5.03 Å². The molecule has 0 saturated carbocycles. The molecule has 0 spiro atoms. The van der Waals surface area contributed by atoms with E-state index in [9.17, 15) is 13.2 Å². The molecule has 1 saturated heterocycles. The smallest absolute Gasteiger partial charge is 0.262 e. The lowest BCUT2D eigenvalue weighted by atomic mass is 10.2. The number of sulfonamides is 1. The highest BCUT2D eigenvalue weighted by Crippen LogP contribution is 2.16. The Morgan fingerprint density at radius 1 is 1.12 bits per heavy atom. The Balaban J connectivity index is 1.64. The van der Waals surface area contributed by atoms with Crippen molar-refractivity contribution in [2.75, 3.05) is 26.2 Å². The van der Waals surface area contributed by atoms with Gasteiger partial charge in [0.25, 0.3) is 10.0 Å². The van der Waals surface area contributed by atoms with E-state index in [4.69, 9.17) is 0 Å². The first kappa shape index (κ1) is 18.3. The number of carbonyl (C=O) groups excluding carboxylic acids is 1. The first-order valence-electron chi connectivity index (χ1n) is 8.47. The summed E-state index contributed by atoms with van der Waals surface area (Å²) in [5.74, 6) is -0.106. The van der Waals surface area contributed by atoms with Crippen molar-refractivity contribution >= 4 is 22.0 Å². The third-order valence-corrected chi connectivity index (χ3v) is 6.05. The third kappa shape index (κ3) is 4.20. The third-order valence-electron chi connectivity index (χ3n) is 4.27. The summed E-state index contributed by atoms with van der Waals surface area (Å²) in [5, 5.41) is 0.0451. The van der Waals surface area contributed by atoms with Crippen molar-refractivity contribution in [1.82, 2.24) is 18.8 Å². The highest BCUT2D eigenvalue weighted by molar-refractivity contribution is 7.89. The number of benzene rings is 1. The number of nitrogens with zero attached hydrogens (tertiary/aromatic N) is 4. The van der Waals surface area contributed by atoms with Crippen molar-refractivity contribution in [1.29, 1.82) is 0 Å². The SMILES string of the molecule is Cn1cnc(S(=O)(=O)N2CCCN(C(=O)/C=C/c3ccccc3)CC2)c1. The van der Waals surface area contributed by atoms with Gasteiger partial charge in [0.1, 0.15) is 0 Å². The second-order valence-electron chi connectivity index (χ2n) is 6.20.